The van der Waals surface area contributed by atoms with Gasteiger partial charge in [-0.15, -0.1) is 0 Å². The molecule has 266 valence electrons. The van der Waals surface area contributed by atoms with E-state index in [-0.39, 0.29) is 0 Å². The first kappa shape index (κ1) is 42.2. The standard InChI is InChI=1S/C43H85N2/c1-4-7-10-13-15-17-19-21-23-25-27-29-31-34-37-40-45-42-41-44(39-36-33-12-9-6-3)43(45)38-35-32-30-28-26-24-22-20-18-16-14-11-8-5-2/h41-42H,4-40H2,1-3H3/q+1. The molecule has 1 heterocycles. The SMILES string of the molecule is CCCCCCCCCCCCCCCCCn1cc[n+](CCCCCCC)c1CCCCCCCCCCCCCCCC. The number of nitrogens with zero attached hydrogens (tertiary/aromatic N) is 2. The van der Waals surface area contributed by atoms with Crippen LogP contribution in [0.25, 0.3) is 0 Å². The van der Waals surface area contributed by atoms with Gasteiger partial charge in [-0.2, -0.15) is 0 Å². The smallest absolute Gasteiger partial charge is 0.234 e. The van der Waals surface area contributed by atoms with Crippen molar-refractivity contribution in [3.63, 3.8) is 0 Å². The van der Waals surface area contributed by atoms with E-state index in [0.29, 0.717) is 0 Å². The van der Waals surface area contributed by atoms with Crippen molar-refractivity contribution >= 4 is 0 Å². The highest BCUT2D eigenvalue weighted by atomic mass is 15.1. The summed E-state index contributed by atoms with van der Waals surface area (Å²) in [6.45, 7) is 9.40. The third-order valence-corrected chi connectivity index (χ3v) is 10.3. The second-order valence-electron chi connectivity index (χ2n) is 14.8. The first-order chi connectivity index (χ1) is 22.3. The Bertz CT molecular complexity index is 692. The van der Waals surface area contributed by atoms with Gasteiger partial charge < -0.3 is 0 Å². The Morgan fingerprint density at radius 3 is 1.07 bits per heavy atom. The second kappa shape index (κ2) is 34.5. The monoisotopic (exact) mass is 630 g/mol. The van der Waals surface area contributed by atoms with E-state index in [1.807, 2.05) is 0 Å². The number of rotatable bonds is 37. The van der Waals surface area contributed by atoms with Crippen molar-refractivity contribution in [3.05, 3.63) is 18.2 Å². The van der Waals surface area contributed by atoms with Crippen molar-refractivity contribution in [2.45, 2.75) is 259 Å². The number of unbranched alkanes of at least 4 members (excludes halogenated alkanes) is 31. The summed E-state index contributed by atoms with van der Waals surface area (Å²) in [4.78, 5) is 0. The number of aromatic nitrogens is 2. The van der Waals surface area contributed by atoms with Crippen LogP contribution in [-0.4, -0.2) is 4.57 Å². The molecule has 45 heavy (non-hydrogen) atoms. The van der Waals surface area contributed by atoms with Gasteiger partial charge in [-0.25, -0.2) is 9.13 Å². The van der Waals surface area contributed by atoms with Crippen LogP contribution < -0.4 is 4.57 Å². The Hall–Kier alpha value is -0.790. The van der Waals surface area contributed by atoms with Crippen molar-refractivity contribution in [3.8, 4) is 0 Å². The molecule has 2 nitrogen and oxygen atoms in total. The van der Waals surface area contributed by atoms with E-state index in [0.717, 1.165) is 0 Å². The number of aryl methyl sites for hydroxylation is 2. The lowest BCUT2D eigenvalue weighted by atomic mass is 10.0. The summed E-state index contributed by atoms with van der Waals surface area (Å²) in [5, 5.41) is 0. The van der Waals surface area contributed by atoms with Gasteiger partial charge in [0.05, 0.1) is 13.1 Å². The van der Waals surface area contributed by atoms with E-state index in [1.165, 1.54) is 238 Å². The van der Waals surface area contributed by atoms with Crippen molar-refractivity contribution in [2.24, 2.45) is 0 Å². The lowest BCUT2D eigenvalue weighted by Gasteiger charge is -2.07. The summed E-state index contributed by atoms with van der Waals surface area (Å²) in [6.07, 6.45) is 54.9. The van der Waals surface area contributed by atoms with Crippen LogP contribution in [0.2, 0.25) is 0 Å². The molecular formula is C43H85N2+. The van der Waals surface area contributed by atoms with Crippen LogP contribution in [0.4, 0.5) is 0 Å². The van der Waals surface area contributed by atoms with Gasteiger partial charge in [0, 0.05) is 6.42 Å². The second-order valence-corrected chi connectivity index (χ2v) is 14.8. The molecule has 0 saturated carbocycles. The normalized spacial score (nSPS) is 11.6. The first-order valence-electron chi connectivity index (χ1n) is 21.4. The Morgan fingerprint density at radius 1 is 0.378 bits per heavy atom. The van der Waals surface area contributed by atoms with Crippen LogP contribution >= 0.6 is 0 Å². The average molecular weight is 630 g/mol. The summed E-state index contributed by atoms with van der Waals surface area (Å²) in [6, 6.07) is 0. The average Bonchev–Trinajstić information content (AvgIpc) is 3.43. The highest BCUT2D eigenvalue weighted by Gasteiger charge is 2.16. The summed E-state index contributed by atoms with van der Waals surface area (Å²) in [5.41, 5.74) is 0. The highest BCUT2D eigenvalue weighted by molar-refractivity contribution is 4.84. The summed E-state index contributed by atoms with van der Waals surface area (Å²) >= 11 is 0. The van der Waals surface area contributed by atoms with Gasteiger partial charge in [-0.05, 0) is 32.1 Å². The minimum atomic E-state index is 1.23. The number of hydrogen-bond donors (Lipinski definition) is 0. The van der Waals surface area contributed by atoms with E-state index in [9.17, 15) is 0 Å². The van der Waals surface area contributed by atoms with E-state index >= 15 is 0 Å². The minimum Gasteiger partial charge on any atom is -0.234 e. The lowest BCUT2D eigenvalue weighted by molar-refractivity contribution is -0.704. The van der Waals surface area contributed by atoms with Gasteiger partial charge in [0.25, 0.3) is 5.82 Å². The molecule has 1 rings (SSSR count). The lowest BCUT2D eigenvalue weighted by Crippen LogP contribution is -2.37. The Kier molecular flexibility index (Phi) is 32.4. The van der Waals surface area contributed by atoms with Gasteiger partial charge in [0.15, 0.2) is 0 Å². The molecule has 0 bridgehead atoms. The van der Waals surface area contributed by atoms with Gasteiger partial charge in [-0.1, -0.05) is 207 Å². The van der Waals surface area contributed by atoms with Crippen LogP contribution in [0.15, 0.2) is 12.4 Å². The van der Waals surface area contributed by atoms with E-state index in [1.54, 1.807) is 5.82 Å². The molecule has 0 aliphatic carbocycles. The largest absolute Gasteiger partial charge is 0.256 e. The predicted molar refractivity (Wildman–Crippen MR) is 202 cm³/mol. The third kappa shape index (κ3) is 26.9. The van der Waals surface area contributed by atoms with Crippen LogP contribution in [-0.2, 0) is 19.5 Å². The van der Waals surface area contributed by atoms with Crippen molar-refractivity contribution in [2.75, 3.05) is 0 Å². The molecule has 0 aliphatic heterocycles. The van der Waals surface area contributed by atoms with Gasteiger partial charge in [0.2, 0.25) is 0 Å². The van der Waals surface area contributed by atoms with Crippen molar-refractivity contribution in [1.82, 2.24) is 4.57 Å². The molecule has 0 unspecified atom stereocenters. The molecule has 1 aromatic heterocycles. The molecule has 0 fully saturated rings. The Labute approximate surface area is 285 Å². The molecule has 2 heteroatoms. The van der Waals surface area contributed by atoms with Crippen molar-refractivity contribution in [1.29, 1.82) is 0 Å². The molecule has 0 amide bonds. The van der Waals surface area contributed by atoms with Crippen molar-refractivity contribution < 1.29 is 4.57 Å². The van der Waals surface area contributed by atoms with Crippen LogP contribution in [0.1, 0.15) is 245 Å². The maximum Gasteiger partial charge on any atom is 0.256 e. The Balaban J connectivity index is 2.18. The molecule has 0 aliphatic rings. The first-order valence-corrected chi connectivity index (χ1v) is 21.4. The quantitative estimate of drug-likeness (QED) is 0.0511. The Morgan fingerprint density at radius 2 is 0.689 bits per heavy atom. The molecule has 0 radical (unpaired) electrons. The maximum atomic E-state index is 2.64. The molecule has 0 atom stereocenters. The maximum absolute atomic E-state index is 2.64. The predicted octanol–water partition coefficient (Wildman–Crippen LogP) is 14.6. The third-order valence-electron chi connectivity index (χ3n) is 10.3. The molecular weight excluding hydrogens is 544 g/mol. The molecule has 0 spiro atoms. The minimum absolute atomic E-state index is 1.23. The van der Waals surface area contributed by atoms with Crippen LogP contribution in [0, 0.1) is 0 Å². The topological polar surface area (TPSA) is 8.81 Å². The van der Waals surface area contributed by atoms with E-state index in [4.69, 9.17) is 0 Å². The summed E-state index contributed by atoms with van der Waals surface area (Å²) in [7, 11) is 0. The van der Waals surface area contributed by atoms with Crippen LogP contribution in [0.5, 0.6) is 0 Å². The fourth-order valence-electron chi connectivity index (χ4n) is 7.21. The molecule has 0 aromatic carbocycles. The zero-order valence-electron chi connectivity index (χ0n) is 31.7. The van der Waals surface area contributed by atoms with Gasteiger partial charge >= 0.3 is 0 Å². The molecule has 1 aromatic rings. The van der Waals surface area contributed by atoms with E-state index < -0.39 is 0 Å². The zero-order chi connectivity index (χ0) is 32.3. The van der Waals surface area contributed by atoms with Gasteiger partial charge in [0.1, 0.15) is 12.4 Å². The van der Waals surface area contributed by atoms with Gasteiger partial charge in [-0.3, -0.25) is 0 Å². The highest BCUT2D eigenvalue weighted by Crippen LogP contribution is 2.16. The zero-order valence-corrected chi connectivity index (χ0v) is 31.7. The number of imidazole rings is 1. The summed E-state index contributed by atoms with van der Waals surface area (Å²) < 4.78 is 5.26. The molecule has 0 N–H and O–H groups in total. The van der Waals surface area contributed by atoms with E-state index in [2.05, 4.69) is 42.3 Å². The summed E-state index contributed by atoms with van der Waals surface area (Å²) in [5.74, 6) is 1.62. The molecule has 0 saturated heterocycles. The fraction of sp³-hybridized carbons (Fsp3) is 0.930. The fourth-order valence-corrected chi connectivity index (χ4v) is 7.21. The van der Waals surface area contributed by atoms with Crippen LogP contribution in [0.3, 0.4) is 0 Å². The number of hydrogen-bond acceptors (Lipinski definition) is 0.